The minimum absolute atomic E-state index is 0.0391. The number of ketones is 1. The Kier molecular flexibility index (Phi) is 5.56. The van der Waals surface area contributed by atoms with E-state index in [1.54, 1.807) is 0 Å². The molecule has 0 saturated heterocycles. The Morgan fingerprint density at radius 3 is 1.86 bits per heavy atom. The van der Waals surface area contributed by atoms with Gasteiger partial charge in [0.05, 0.1) is 11.1 Å². The van der Waals surface area contributed by atoms with Crippen molar-refractivity contribution in [3.8, 4) is 0 Å². The number of alkyl halides is 3. The van der Waals surface area contributed by atoms with E-state index in [9.17, 15) is 18.0 Å². The Hall–Kier alpha value is -1.36. The van der Waals surface area contributed by atoms with Gasteiger partial charge >= 0.3 is 6.18 Å². The Balaban J connectivity index is 2.93. The molecular formula is C16H22F3NO. The van der Waals surface area contributed by atoms with Crippen molar-refractivity contribution in [3.63, 3.8) is 0 Å². The lowest BCUT2D eigenvalue weighted by atomic mass is 9.83. The molecule has 2 nitrogen and oxygen atoms in total. The van der Waals surface area contributed by atoms with Crippen LogP contribution in [0.3, 0.4) is 0 Å². The van der Waals surface area contributed by atoms with Gasteiger partial charge < -0.3 is 0 Å². The van der Waals surface area contributed by atoms with Crippen molar-refractivity contribution in [2.75, 3.05) is 14.1 Å². The van der Waals surface area contributed by atoms with Crippen molar-refractivity contribution in [1.82, 2.24) is 4.90 Å². The summed E-state index contributed by atoms with van der Waals surface area (Å²) in [5.74, 6) is 0.0391. The molecule has 1 aromatic carbocycles. The van der Waals surface area contributed by atoms with Gasteiger partial charge in [-0.1, -0.05) is 26.0 Å². The normalized spacial score (nSPS) is 12.8. The predicted molar refractivity (Wildman–Crippen MR) is 77.2 cm³/mol. The third-order valence-corrected chi connectivity index (χ3v) is 4.19. The van der Waals surface area contributed by atoms with Crippen LogP contribution in [-0.4, -0.2) is 30.3 Å². The van der Waals surface area contributed by atoms with Crippen LogP contribution < -0.4 is 0 Å². The number of hydrogen-bond acceptors (Lipinski definition) is 2. The highest BCUT2D eigenvalue weighted by Gasteiger charge is 2.36. The lowest BCUT2D eigenvalue weighted by molar-refractivity contribution is -0.137. The van der Waals surface area contributed by atoms with Gasteiger partial charge in [0.15, 0.2) is 5.78 Å². The van der Waals surface area contributed by atoms with Crippen molar-refractivity contribution in [2.24, 2.45) is 0 Å². The monoisotopic (exact) mass is 301 g/mol. The quantitative estimate of drug-likeness (QED) is 0.793. The molecule has 0 radical (unpaired) electrons. The van der Waals surface area contributed by atoms with E-state index in [-0.39, 0.29) is 12.2 Å². The molecule has 21 heavy (non-hydrogen) atoms. The van der Waals surface area contributed by atoms with Crippen LogP contribution in [0, 0.1) is 0 Å². The van der Waals surface area contributed by atoms with Gasteiger partial charge in [-0.05, 0) is 44.6 Å². The Morgan fingerprint density at radius 1 is 1.05 bits per heavy atom. The predicted octanol–water partition coefficient (Wildman–Crippen LogP) is 3.94. The van der Waals surface area contributed by atoms with E-state index in [0.717, 1.165) is 12.1 Å². The first-order valence-corrected chi connectivity index (χ1v) is 7.04. The highest BCUT2D eigenvalue weighted by Crippen LogP contribution is 2.30. The number of carbonyl (C=O) groups is 1. The van der Waals surface area contributed by atoms with Gasteiger partial charge in [0.2, 0.25) is 0 Å². The number of benzene rings is 1. The van der Waals surface area contributed by atoms with Gasteiger partial charge in [0.25, 0.3) is 0 Å². The summed E-state index contributed by atoms with van der Waals surface area (Å²) in [4.78, 5) is 14.5. The summed E-state index contributed by atoms with van der Waals surface area (Å²) in [7, 11) is 3.72. The first-order chi connectivity index (χ1) is 9.67. The van der Waals surface area contributed by atoms with Crippen LogP contribution in [-0.2, 0) is 17.4 Å². The van der Waals surface area contributed by atoms with Gasteiger partial charge in [-0.2, -0.15) is 13.2 Å². The molecular weight excluding hydrogens is 279 g/mol. The summed E-state index contributed by atoms with van der Waals surface area (Å²) in [5, 5.41) is 0. The second-order valence-corrected chi connectivity index (χ2v) is 5.43. The fourth-order valence-corrected chi connectivity index (χ4v) is 2.69. The topological polar surface area (TPSA) is 20.3 Å². The molecule has 0 amide bonds. The lowest BCUT2D eigenvalue weighted by Crippen LogP contribution is -2.50. The minimum Gasteiger partial charge on any atom is -0.297 e. The van der Waals surface area contributed by atoms with E-state index in [1.807, 2.05) is 32.8 Å². The first-order valence-electron chi connectivity index (χ1n) is 7.04. The fourth-order valence-electron chi connectivity index (χ4n) is 2.69. The van der Waals surface area contributed by atoms with Crippen LogP contribution in [0.1, 0.15) is 37.8 Å². The van der Waals surface area contributed by atoms with Gasteiger partial charge in [-0.15, -0.1) is 0 Å². The van der Waals surface area contributed by atoms with E-state index in [1.165, 1.54) is 12.1 Å². The summed E-state index contributed by atoms with van der Waals surface area (Å²) in [5.41, 5.74) is -0.632. The molecule has 0 fully saturated rings. The number of nitrogens with zero attached hydrogens (tertiary/aromatic N) is 1. The third kappa shape index (κ3) is 3.84. The highest BCUT2D eigenvalue weighted by molar-refractivity contribution is 5.90. The smallest absolute Gasteiger partial charge is 0.297 e. The molecule has 0 aliphatic rings. The highest BCUT2D eigenvalue weighted by atomic mass is 19.4. The summed E-state index contributed by atoms with van der Waals surface area (Å²) in [6.07, 6.45) is -2.84. The van der Waals surface area contributed by atoms with E-state index in [0.29, 0.717) is 18.4 Å². The SMILES string of the molecule is CCC(CC)(C(=O)Cc1ccc(C(F)(F)F)cc1)N(C)C. The second kappa shape index (κ2) is 6.60. The lowest BCUT2D eigenvalue weighted by Gasteiger charge is -2.37. The molecule has 0 saturated carbocycles. The van der Waals surface area contributed by atoms with Crippen LogP contribution in [0.25, 0.3) is 0 Å². The molecule has 0 aliphatic carbocycles. The van der Waals surface area contributed by atoms with Crippen molar-refractivity contribution < 1.29 is 18.0 Å². The number of halogens is 3. The van der Waals surface area contributed by atoms with Gasteiger partial charge in [0.1, 0.15) is 0 Å². The molecule has 0 aromatic heterocycles. The van der Waals surface area contributed by atoms with Crippen molar-refractivity contribution in [1.29, 1.82) is 0 Å². The van der Waals surface area contributed by atoms with Crippen LogP contribution in [0.4, 0.5) is 13.2 Å². The molecule has 0 aliphatic heterocycles. The molecule has 0 atom stereocenters. The van der Waals surface area contributed by atoms with E-state index in [4.69, 9.17) is 0 Å². The molecule has 0 bridgehead atoms. The zero-order valence-electron chi connectivity index (χ0n) is 12.9. The number of likely N-dealkylation sites (N-methyl/N-ethyl adjacent to an activating group) is 1. The number of hydrogen-bond donors (Lipinski definition) is 0. The van der Waals surface area contributed by atoms with E-state index < -0.39 is 17.3 Å². The Bertz CT molecular complexity index is 473. The molecule has 118 valence electrons. The summed E-state index contributed by atoms with van der Waals surface area (Å²) >= 11 is 0. The second-order valence-electron chi connectivity index (χ2n) is 5.43. The molecule has 0 unspecified atom stereocenters. The average Bonchev–Trinajstić information content (AvgIpc) is 2.40. The van der Waals surface area contributed by atoms with Crippen molar-refractivity contribution >= 4 is 5.78 Å². The minimum atomic E-state index is -4.34. The number of Topliss-reactive ketones (excluding diaryl/α,β-unsaturated/α-hetero) is 1. The molecule has 1 aromatic rings. The van der Waals surface area contributed by atoms with Crippen molar-refractivity contribution in [2.45, 2.75) is 44.8 Å². The maximum atomic E-state index is 12.6. The average molecular weight is 301 g/mol. The van der Waals surface area contributed by atoms with Crippen LogP contribution in [0.15, 0.2) is 24.3 Å². The molecule has 0 N–H and O–H groups in total. The maximum Gasteiger partial charge on any atom is 0.416 e. The number of carbonyl (C=O) groups excluding carboxylic acids is 1. The summed E-state index contributed by atoms with van der Waals surface area (Å²) in [6.45, 7) is 3.91. The zero-order valence-corrected chi connectivity index (χ0v) is 12.9. The largest absolute Gasteiger partial charge is 0.416 e. The van der Waals surface area contributed by atoms with Crippen LogP contribution in [0.2, 0.25) is 0 Å². The molecule has 0 spiro atoms. The summed E-state index contributed by atoms with van der Waals surface area (Å²) in [6, 6.07) is 4.81. The maximum absolute atomic E-state index is 12.6. The van der Waals surface area contributed by atoms with E-state index >= 15 is 0 Å². The Labute approximate surface area is 123 Å². The molecule has 0 heterocycles. The molecule has 5 heteroatoms. The van der Waals surface area contributed by atoms with Crippen molar-refractivity contribution in [3.05, 3.63) is 35.4 Å². The molecule has 1 rings (SSSR count). The van der Waals surface area contributed by atoms with Crippen LogP contribution >= 0.6 is 0 Å². The fraction of sp³-hybridized carbons (Fsp3) is 0.562. The van der Waals surface area contributed by atoms with E-state index in [2.05, 4.69) is 0 Å². The van der Waals surface area contributed by atoms with Crippen LogP contribution in [0.5, 0.6) is 0 Å². The number of rotatable bonds is 6. The Morgan fingerprint density at radius 2 is 1.52 bits per heavy atom. The van der Waals surface area contributed by atoms with Gasteiger partial charge in [0, 0.05) is 6.42 Å². The summed E-state index contributed by atoms with van der Waals surface area (Å²) < 4.78 is 37.5. The van der Waals surface area contributed by atoms with Gasteiger partial charge in [-0.25, -0.2) is 0 Å². The first kappa shape index (κ1) is 17.7. The standard InChI is InChI=1S/C16H22F3NO/c1-5-15(6-2,20(3)4)14(21)11-12-7-9-13(10-8-12)16(17,18)19/h7-10H,5-6,11H2,1-4H3. The third-order valence-electron chi connectivity index (χ3n) is 4.19. The zero-order chi connectivity index (χ0) is 16.3. The van der Waals surface area contributed by atoms with Gasteiger partial charge in [-0.3, -0.25) is 9.69 Å².